The molecule has 2 atom stereocenters. The van der Waals surface area contributed by atoms with Crippen LogP contribution in [0.5, 0.6) is 0 Å². The monoisotopic (exact) mass is 208 g/mol. The lowest BCUT2D eigenvalue weighted by Crippen LogP contribution is -2.41. The molecule has 82 valence electrons. The van der Waals surface area contributed by atoms with Crippen LogP contribution in [-0.2, 0) is 4.79 Å². The molecule has 0 saturated carbocycles. The van der Waals surface area contributed by atoms with Gasteiger partial charge in [0.2, 0.25) is 5.91 Å². The molecule has 4 heteroatoms. The predicted octanol–water partition coefficient (Wildman–Crippen LogP) is 0.183. The van der Waals surface area contributed by atoms with Gasteiger partial charge in [-0.05, 0) is 12.5 Å². The van der Waals surface area contributed by atoms with Gasteiger partial charge in [-0.15, -0.1) is 0 Å². The lowest BCUT2D eigenvalue weighted by molar-refractivity contribution is -0.123. The maximum absolute atomic E-state index is 11.3. The van der Waals surface area contributed by atoms with Gasteiger partial charge >= 0.3 is 0 Å². The van der Waals surface area contributed by atoms with Crippen LogP contribution >= 0.6 is 0 Å². The number of rotatable bonds is 4. The second-order valence-electron chi connectivity index (χ2n) is 3.44. The van der Waals surface area contributed by atoms with Crippen molar-refractivity contribution in [2.75, 3.05) is 6.61 Å². The van der Waals surface area contributed by atoms with E-state index in [9.17, 15) is 4.79 Å². The number of nitrogens with one attached hydrogen (secondary N) is 1. The van der Waals surface area contributed by atoms with Crippen molar-refractivity contribution in [2.24, 2.45) is 5.73 Å². The van der Waals surface area contributed by atoms with Crippen molar-refractivity contribution in [1.82, 2.24) is 5.32 Å². The minimum atomic E-state index is -0.567. The first-order valence-electron chi connectivity index (χ1n) is 4.87. The van der Waals surface area contributed by atoms with Crippen LogP contribution in [0.15, 0.2) is 30.3 Å². The fourth-order valence-corrected chi connectivity index (χ4v) is 1.22. The second kappa shape index (κ2) is 5.48. The molecule has 0 aliphatic carbocycles. The summed E-state index contributed by atoms with van der Waals surface area (Å²) in [6.07, 6.45) is 0. The number of carbonyl (C=O) groups excluding carboxylic acids is 1. The lowest BCUT2D eigenvalue weighted by atomic mass is 10.1. The van der Waals surface area contributed by atoms with Crippen LogP contribution < -0.4 is 11.1 Å². The number of aliphatic hydroxyl groups is 1. The Hall–Kier alpha value is -1.39. The average Bonchev–Trinajstić information content (AvgIpc) is 2.26. The van der Waals surface area contributed by atoms with E-state index in [2.05, 4.69) is 5.32 Å². The van der Waals surface area contributed by atoms with Crippen LogP contribution in [-0.4, -0.2) is 23.7 Å². The molecule has 0 spiro atoms. The van der Waals surface area contributed by atoms with Gasteiger partial charge < -0.3 is 16.2 Å². The zero-order valence-electron chi connectivity index (χ0n) is 8.68. The maximum Gasteiger partial charge on any atom is 0.237 e. The number of carbonyl (C=O) groups is 1. The van der Waals surface area contributed by atoms with Crippen molar-refractivity contribution >= 4 is 5.91 Å². The third-order valence-corrected chi connectivity index (χ3v) is 2.11. The van der Waals surface area contributed by atoms with E-state index < -0.39 is 6.04 Å². The molecule has 0 fully saturated rings. The van der Waals surface area contributed by atoms with Crippen LogP contribution in [0.3, 0.4) is 0 Å². The number of aliphatic hydroxyl groups excluding tert-OH is 1. The normalized spacial score (nSPS) is 14.3. The van der Waals surface area contributed by atoms with E-state index in [1.54, 1.807) is 6.92 Å². The Morgan fingerprint density at radius 3 is 2.53 bits per heavy atom. The van der Waals surface area contributed by atoms with Gasteiger partial charge in [0.1, 0.15) is 0 Å². The first kappa shape index (κ1) is 11.7. The lowest BCUT2D eigenvalue weighted by Gasteiger charge is -2.17. The van der Waals surface area contributed by atoms with Gasteiger partial charge in [-0.3, -0.25) is 4.79 Å². The van der Waals surface area contributed by atoms with E-state index in [0.29, 0.717) is 0 Å². The van der Waals surface area contributed by atoms with Crippen molar-refractivity contribution < 1.29 is 9.90 Å². The quantitative estimate of drug-likeness (QED) is 0.661. The van der Waals surface area contributed by atoms with Crippen LogP contribution in [0.4, 0.5) is 0 Å². The summed E-state index contributed by atoms with van der Waals surface area (Å²) in [6.45, 7) is 1.47. The molecule has 4 N–H and O–H groups in total. The number of hydrogen-bond donors (Lipinski definition) is 3. The number of nitrogens with two attached hydrogens (primary N) is 1. The van der Waals surface area contributed by atoms with E-state index in [0.717, 1.165) is 5.56 Å². The topological polar surface area (TPSA) is 75.4 Å². The molecule has 0 aromatic heterocycles. The van der Waals surface area contributed by atoms with Crippen molar-refractivity contribution in [1.29, 1.82) is 0 Å². The van der Waals surface area contributed by atoms with Crippen LogP contribution in [0.2, 0.25) is 0 Å². The minimum absolute atomic E-state index is 0.136. The Kier molecular flexibility index (Phi) is 4.27. The fraction of sp³-hybridized carbons (Fsp3) is 0.364. The molecule has 0 heterocycles. The summed E-state index contributed by atoms with van der Waals surface area (Å²) in [5.74, 6) is -0.266. The summed E-state index contributed by atoms with van der Waals surface area (Å²) in [7, 11) is 0. The summed E-state index contributed by atoms with van der Waals surface area (Å²) in [5.41, 5.74) is 6.29. The summed E-state index contributed by atoms with van der Waals surface area (Å²) < 4.78 is 0. The second-order valence-corrected chi connectivity index (χ2v) is 3.44. The largest absolute Gasteiger partial charge is 0.394 e. The molecule has 1 rings (SSSR count). The number of benzene rings is 1. The molecule has 1 unspecified atom stereocenters. The highest BCUT2D eigenvalue weighted by molar-refractivity contribution is 5.81. The average molecular weight is 208 g/mol. The molecule has 0 aliphatic heterocycles. The molecule has 1 amide bonds. The molecular formula is C11H16N2O2. The van der Waals surface area contributed by atoms with Gasteiger partial charge in [-0.25, -0.2) is 0 Å². The minimum Gasteiger partial charge on any atom is -0.394 e. The van der Waals surface area contributed by atoms with Gasteiger partial charge in [0, 0.05) is 0 Å². The van der Waals surface area contributed by atoms with Gasteiger partial charge in [0.15, 0.2) is 0 Å². The summed E-state index contributed by atoms with van der Waals surface area (Å²) in [4.78, 5) is 11.3. The van der Waals surface area contributed by atoms with Gasteiger partial charge in [-0.2, -0.15) is 0 Å². The van der Waals surface area contributed by atoms with Gasteiger partial charge in [0.25, 0.3) is 0 Å². The molecule has 0 bridgehead atoms. The zero-order valence-corrected chi connectivity index (χ0v) is 8.68. The van der Waals surface area contributed by atoms with E-state index in [1.165, 1.54) is 0 Å². The van der Waals surface area contributed by atoms with E-state index in [4.69, 9.17) is 10.8 Å². The van der Waals surface area contributed by atoms with Crippen molar-refractivity contribution in [3.05, 3.63) is 35.9 Å². The predicted molar refractivity (Wildman–Crippen MR) is 58.1 cm³/mol. The molecule has 1 aromatic carbocycles. The Bertz CT molecular complexity index is 312. The van der Waals surface area contributed by atoms with E-state index >= 15 is 0 Å². The number of hydrogen-bond acceptors (Lipinski definition) is 3. The molecule has 0 radical (unpaired) electrons. The van der Waals surface area contributed by atoms with Crippen molar-refractivity contribution in [3.63, 3.8) is 0 Å². The van der Waals surface area contributed by atoms with Crippen molar-refractivity contribution in [2.45, 2.75) is 19.0 Å². The van der Waals surface area contributed by atoms with E-state index in [-0.39, 0.29) is 18.6 Å². The number of amides is 1. The fourth-order valence-electron chi connectivity index (χ4n) is 1.22. The molecule has 0 saturated heterocycles. The summed E-state index contributed by atoms with van der Waals surface area (Å²) in [5, 5.41) is 11.8. The highest BCUT2D eigenvalue weighted by Crippen LogP contribution is 2.11. The van der Waals surface area contributed by atoms with Gasteiger partial charge in [-0.1, -0.05) is 30.3 Å². The Balaban J connectivity index is 2.69. The molecular weight excluding hydrogens is 192 g/mol. The SMILES string of the molecule is C[C@@H](N)C(=O)NC(CO)c1ccccc1. The molecule has 4 nitrogen and oxygen atoms in total. The third kappa shape index (κ3) is 3.34. The van der Waals surface area contributed by atoms with Crippen LogP contribution in [0.1, 0.15) is 18.5 Å². The van der Waals surface area contributed by atoms with Gasteiger partial charge in [0.05, 0.1) is 18.7 Å². The summed E-state index contributed by atoms with van der Waals surface area (Å²) >= 11 is 0. The molecule has 15 heavy (non-hydrogen) atoms. The standard InChI is InChI=1S/C11H16N2O2/c1-8(12)11(15)13-10(7-14)9-5-3-2-4-6-9/h2-6,8,10,14H,7,12H2,1H3,(H,13,15)/t8-,10?/m1/s1. The first-order valence-corrected chi connectivity index (χ1v) is 4.87. The van der Waals surface area contributed by atoms with Crippen LogP contribution in [0.25, 0.3) is 0 Å². The highest BCUT2D eigenvalue weighted by atomic mass is 16.3. The third-order valence-electron chi connectivity index (χ3n) is 2.11. The Morgan fingerprint density at radius 2 is 2.07 bits per heavy atom. The van der Waals surface area contributed by atoms with Crippen molar-refractivity contribution in [3.8, 4) is 0 Å². The molecule has 0 aliphatic rings. The molecule has 1 aromatic rings. The Labute approximate surface area is 89.1 Å². The zero-order chi connectivity index (χ0) is 11.3. The smallest absolute Gasteiger partial charge is 0.237 e. The van der Waals surface area contributed by atoms with E-state index in [1.807, 2.05) is 30.3 Å². The first-order chi connectivity index (χ1) is 7.15. The Morgan fingerprint density at radius 1 is 1.47 bits per heavy atom. The maximum atomic E-state index is 11.3. The highest BCUT2D eigenvalue weighted by Gasteiger charge is 2.15. The van der Waals surface area contributed by atoms with Crippen LogP contribution in [0, 0.1) is 0 Å². The summed E-state index contributed by atoms with van der Waals surface area (Å²) in [6, 6.07) is 8.34.